The van der Waals surface area contributed by atoms with E-state index in [0.717, 1.165) is 12.8 Å². The molecule has 2 bridgehead atoms. The SMILES string of the molecule is CCCC(C)NC(=O)C(C)NC1CC2CCCC(C1)N2C. The van der Waals surface area contributed by atoms with Crippen LogP contribution in [0.3, 0.4) is 0 Å². The van der Waals surface area contributed by atoms with Crippen LogP contribution in [0.25, 0.3) is 0 Å². The molecule has 21 heavy (non-hydrogen) atoms. The van der Waals surface area contributed by atoms with E-state index >= 15 is 0 Å². The van der Waals surface area contributed by atoms with Crippen molar-refractivity contribution in [1.82, 2.24) is 15.5 Å². The number of carbonyl (C=O) groups excluding carboxylic acids is 1. The van der Waals surface area contributed by atoms with Gasteiger partial charge in [0.2, 0.25) is 5.91 Å². The van der Waals surface area contributed by atoms with Crippen molar-refractivity contribution in [2.75, 3.05) is 7.05 Å². The normalized spacial score (nSPS) is 32.5. The Labute approximate surface area is 130 Å². The summed E-state index contributed by atoms with van der Waals surface area (Å²) < 4.78 is 0. The molecule has 2 N–H and O–H groups in total. The maximum atomic E-state index is 12.2. The molecule has 2 saturated heterocycles. The number of rotatable bonds is 6. The van der Waals surface area contributed by atoms with Crippen LogP contribution < -0.4 is 10.6 Å². The molecule has 122 valence electrons. The van der Waals surface area contributed by atoms with Gasteiger partial charge in [-0.2, -0.15) is 0 Å². The lowest BCUT2D eigenvalue weighted by molar-refractivity contribution is -0.123. The van der Waals surface area contributed by atoms with Crippen LogP contribution in [0.4, 0.5) is 0 Å². The zero-order valence-electron chi connectivity index (χ0n) is 14.2. The molecule has 4 heteroatoms. The molecule has 0 aliphatic carbocycles. The number of piperidine rings is 2. The second kappa shape index (κ2) is 7.59. The molecule has 4 nitrogen and oxygen atoms in total. The largest absolute Gasteiger partial charge is 0.352 e. The summed E-state index contributed by atoms with van der Waals surface area (Å²) in [5, 5.41) is 6.69. The van der Waals surface area contributed by atoms with Gasteiger partial charge in [-0.15, -0.1) is 0 Å². The van der Waals surface area contributed by atoms with E-state index in [1.54, 1.807) is 0 Å². The van der Waals surface area contributed by atoms with E-state index in [0.29, 0.717) is 18.1 Å². The first-order valence-electron chi connectivity index (χ1n) is 8.79. The summed E-state index contributed by atoms with van der Waals surface area (Å²) in [5.74, 6) is 0.153. The van der Waals surface area contributed by atoms with E-state index in [2.05, 4.69) is 36.4 Å². The van der Waals surface area contributed by atoms with Crippen LogP contribution in [0.5, 0.6) is 0 Å². The predicted octanol–water partition coefficient (Wildman–Crippen LogP) is 2.28. The number of nitrogens with zero attached hydrogens (tertiary/aromatic N) is 1. The Morgan fingerprint density at radius 2 is 1.86 bits per heavy atom. The molecule has 2 aliphatic rings. The lowest BCUT2D eigenvalue weighted by atomic mass is 9.82. The van der Waals surface area contributed by atoms with E-state index in [-0.39, 0.29) is 18.0 Å². The van der Waals surface area contributed by atoms with Crippen molar-refractivity contribution < 1.29 is 4.79 Å². The monoisotopic (exact) mass is 295 g/mol. The Morgan fingerprint density at radius 3 is 2.43 bits per heavy atom. The molecule has 2 aliphatic heterocycles. The second-order valence-corrected chi connectivity index (χ2v) is 7.16. The standard InChI is InChI=1S/C17H33N3O/c1-5-7-12(2)18-17(21)13(3)19-14-10-15-8-6-9-16(11-14)20(15)4/h12-16,19H,5-11H2,1-4H3,(H,18,21). The number of hydrogen-bond donors (Lipinski definition) is 2. The minimum atomic E-state index is -0.0848. The highest BCUT2D eigenvalue weighted by molar-refractivity contribution is 5.81. The summed E-state index contributed by atoms with van der Waals surface area (Å²) in [4.78, 5) is 14.8. The van der Waals surface area contributed by atoms with Crippen LogP contribution in [0.2, 0.25) is 0 Å². The van der Waals surface area contributed by atoms with Gasteiger partial charge in [-0.3, -0.25) is 4.79 Å². The molecule has 2 heterocycles. The molecule has 0 spiro atoms. The van der Waals surface area contributed by atoms with Gasteiger partial charge in [0.05, 0.1) is 6.04 Å². The molecule has 4 atom stereocenters. The summed E-state index contributed by atoms with van der Waals surface area (Å²) in [7, 11) is 2.27. The molecule has 0 radical (unpaired) electrons. The van der Waals surface area contributed by atoms with Gasteiger partial charge in [0.25, 0.3) is 0 Å². The molecule has 0 saturated carbocycles. The van der Waals surface area contributed by atoms with Crippen LogP contribution in [0, 0.1) is 0 Å². The van der Waals surface area contributed by atoms with Crippen molar-refractivity contribution in [3.05, 3.63) is 0 Å². The highest BCUT2D eigenvalue weighted by atomic mass is 16.2. The molecule has 2 fully saturated rings. The fraction of sp³-hybridized carbons (Fsp3) is 0.941. The summed E-state index contributed by atoms with van der Waals surface area (Å²) in [5.41, 5.74) is 0. The van der Waals surface area contributed by atoms with Gasteiger partial charge in [0, 0.05) is 24.2 Å². The van der Waals surface area contributed by atoms with Gasteiger partial charge >= 0.3 is 0 Å². The molecule has 4 unspecified atom stereocenters. The molecule has 1 amide bonds. The van der Waals surface area contributed by atoms with Gasteiger partial charge in [-0.1, -0.05) is 19.8 Å². The first-order valence-corrected chi connectivity index (χ1v) is 8.79. The number of amides is 1. The molecule has 0 aromatic rings. The van der Waals surface area contributed by atoms with Crippen molar-refractivity contribution in [2.24, 2.45) is 0 Å². The zero-order chi connectivity index (χ0) is 15.4. The fourth-order valence-corrected chi connectivity index (χ4v) is 4.05. The smallest absolute Gasteiger partial charge is 0.237 e. The highest BCUT2D eigenvalue weighted by Gasteiger charge is 2.36. The minimum absolute atomic E-state index is 0.0848. The van der Waals surface area contributed by atoms with Crippen LogP contribution in [0.15, 0.2) is 0 Å². The Balaban J connectivity index is 1.80. The van der Waals surface area contributed by atoms with Crippen LogP contribution in [0.1, 0.15) is 65.7 Å². The van der Waals surface area contributed by atoms with E-state index in [1.807, 2.05) is 6.92 Å². The molecule has 0 aromatic heterocycles. The first kappa shape index (κ1) is 16.8. The summed E-state index contributed by atoms with van der Waals surface area (Å²) >= 11 is 0. The van der Waals surface area contributed by atoms with E-state index in [9.17, 15) is 4.79 Å². The third-order valence-corrected chi connectivity index (χ3v) is 5.33. The molecular weight excluding hydrogens is 262 g/mol. The van der Waals surface area contributed by atoms with E-state index < -0.39 is 0 Å². The van der Waals surface area contributed by atoms with Crippen LogP contribution in [-0.2, 0) is 4.79 Å². The summed E-state index contributed by atoms with van der Waals surface area (Å²) in [6.45, 7) is 6.25. The Kier molecular flexibility index (Phi) is 6.06. The molecule has 2 rings (SSSR count). The van der Waals surface area contributed by atoms with Crippen molar-refractivity contribution in [1.29, 1.82) is 0 Å². The summed E-state index contributed by atoms with van der Waals surface area (Å²) in [6, 6.07) is 2.12. The number of carbonyl (C=O) groups is 1. The van der Waals surface area contributed by atoms with Crippen molar-refractivity contribution in [3.8, 4) is 0 Å². The van der Waals surface area contributed by atoms with Gasteiger partial charge in [-0.05, 0) is 53.0 Å². The maximum Gasteiger partial charge on any atom is 0.237 e. The van der Waals surface area contributed by atoms with Crippen LogP contribution >= 0.6 is 0 Å². The van der Waals surface area contributed by atoms with E-state index in [1.165, 1.54) is 32.1 Å². The van der Waals surface area contributed by atoms with Gasteiger partial charge < -0.3 is 15.5 Å². The fourth-order valence-electron chi connectivity index (χ4n) is 4.05. The quantitative estimate of drug-likeness (QED) is 0.790. The first-order chi connectivity index (χ1) is 10.0. The third kappa shape index (κ3) is 4.43. The molecular formula is C17H33N3O. The Bertz CT molecular complexity index is 333. The molecule has 0 aromatic carbocycles. The van der Waals surface area contributed by atoms with Crippen molar-refractivity contribution in [3.63, 3.8) is 0 Å². The number of nitrogens with one attached hydrogen (secondary N) is 2. The predicted molar refractivity (Wildman–Crippen MR) is 87.3 cm³/mol. The number of fused-ring (bicyclic) bond motifs is 2. The number of hydrogen-bond acceptors (Lipinski definition) is 3. The lowest BCUT2D eigenvalue weighted by Gasteiger charge is -2.47. The minimum Gasteiger partial charge on any atom is -0.352 e. The topological polar surface area (TPSA) is 44.4 Å². The van der Waals surface area contributed by atoms with Crippen molar-refractivity contribution in [2.45, 2.75) is 95.9 Å². The Hall–Kier alpha value is -0.610. The second-order valence-electron chi connectivity index (χ2n) is 7.16. The van der Waals surface area contributed by atoms with Gasteiger partial charge in [0.15, 0.2) is 0 Å². The van der Waals surface area contributed by atoms with Gasteiger partial charge in [0.1, 0.15) is 0 Å². The maximum absolute atomic E-state index is 12.2. The van der Waals surface area contributed by atoms with Crippen LogP contribution in [-0.4, -0.2) is 48.1 Å². The third-order valence-electron chi connectivity index (χ3n) is 5.33. The van der Waals surface area contributed by atoms with E-state index in [4.69, 9.17) is 0 Å². The highest BCUT2D eigenvalue weighted by Crippen LogP contribution is 2.32. The lowest BCUT2D eigenvalue weighted by Crippen LogP contribution is -2.57. The Morgan fingerprint density at radius 1 is 1.24 bits per heavy atom. The van der Waals surface area contributed by atoms with Gasteiger partial charge in [-0.25, -0.2) is 0 Å². The average Bonchev–Trinajstić information content (AvgIpc) is 2.40. The zero-order valence-corrected chi connectivity index (χ0v) is 14.2. The average molecular weight is 295 g/mol. The van der Waals surface area contributed by atoms with Crippen molar-refractivity contribution >= 4 is 5.91 Å². The summed E-state index contributed by atoms with van der Waals surface area (Å²) in [6.07, 6.45) is 8.55.